The molecule has 0 aromatic heterocycles. The summed E-state index contributed by atoms with van der Waals surface area (Å²) in [5.74, 6) is -1.04. The zero-order chi connectivity index (χ0) is 22.5. The third-order valence-electron chi connectivity index (χ3n) is 5.23. The zero-order valence-corrected chi connectivity index (χ0v) is 18.9. The Morgan fingerprint density at radius 1 is 1.13 bits per heavy atom. The number of likely N-dealkylation sites (tertiary alicyclic amines) is 1. The summed E-state index contributed by atoms with van der Waals surface area (Å²) in [5, 5.41) is 2.86. The predicted molar refractivity (Wildman–Crippen MR) is 114 cm³/mol. The van der Waals surface area contributed by atoms with Crippen LogP contribution < -0.4 is 5.32 Å². The van der Waals surface area contributed by atoms with E-state index >= 15 is 0 Å². The van der Waals surface area contributed by atoms with Crippen molar-refractivity contribution in [3.8, 4) is 0 Å². The second kappa shape index (κ2) is 9.96. The van der Waals surface area contributed by atoms with Crippen molar-refractivity contribution in [2.75, 3.05) is 19.7 Å². The van der Waals surface area contributed by atoms with Gasteiger partial charge in [-0.15, -0.1) is 0 Å². The number of hydrogen-bond acceptors (Lipinski definition) is 5. The third kappa shape index (κ3) is 7.04. The maximum absolute atomic E-state index is 12.3. The van der Waals surface area contributed by atoms with Crippen molar-refractivity contribution in [2.24, 2.45) is 5.92 Å². The molecule has 1 heterocycles. The van der Waals surface area contributed by atoms with E-state index in [-0.39, 0.29) is 30.6 Å². The lowest BCUT2D eigenvalue weighted by molar-refractivity contribution is -0.154. The van der Waals surface area contributed by atoms with Crippen LogP contribution in [0.25, 0.3) is 0 Å². The van der Waals surface area contributed by atoms with Crippen molar-refractivity contribution in [2.45, 2.75) is 66.0 Å². The molecule has 1 saturated heterocycles. The smallest absolute Gasteiger partial charge is 0.410 e. The molecule has 7 nitrogen and oxygen atoms in total. The minimum absolute atomic E-state index is 0.174. The molecule has 30 heavy (non-hydrogen) atoms. The SMILES string of the molecule is Cc1ccc([C@@H](C)NC(=O)COC(=O)C2CCN(C(=O)OC(C)(C)C)CC2)cc1C. The van der Waals surface area contributed by atoms with Crippen molar-refractivity contribution < 1.29 is 23.9 Å². The molecule has 166 valence electrons. The minimum atomic E-state index is -0.547. The Morgan fingerprint density at radius 2 is 1.77 bits per heavy atom. The Labute approximate surface area is 179 Å². The fourth-order valence-electron chi connectivity index (χ4n) is 3.28. The summed E-state index contributed by atoms with van der Waals surface area (Å²) in [7, 11) is 0. The van der Waals surface area contributed by atoms with Crippen LogP contribution >= 0.6 is 0 Å². The molecule has 1 fully saturated rings. The monoisotopic (exact) mass is 418 g/mol. The molecule has 2 amide bonds. The topological polar surface area (TPSA) is 84.9 Å². The van der Waals surface area contributed by atoms with Crippen LogP contribution in [0.4, 0.5) is 4.79 Å². The second-order valence-electron chi connectivity index (χ2n) is 8.98. The number of carbonyl (C=O) groups excluding carboxylic acids is 3. The quantitative estimate of drug-likeness (QED) is 0.738. The first-order valence-electron chi connectivity index (χ1n) is 10.5. The van der Waals surface area contributed by atoms with Gasteiger partial charge in [-0.25, -0.2) is 4.79 Å². The molecule has 1 aliphatic heterocycles. The number of ether oxygens (including phenoxy) is 2. The molecule has 2 rings (SSSR count). The predicted octanol–water partition coefficient (Wildman–Crippen LogP) is 3.67. The number of rotatable bonds is 5. The standard InChI is InChI=1S/C23H34N2O5/c1-15-7-8-19(13-16(15)2)17(3)24-20(26)14-29-21(27)18-9-11-25(12-10-18)22(28)30-23(4,5)6/h7-8,13,17-18H,9-12,14H2,1-6H3,(H,24,26)/t17-/m1/s1. The Hall–Kier alpha value is -2.57. The summed E-state index contributed by atoms with van der Waals surface area (Å²) in [4.78, 5) is 38.2. The number of esters is 1. The summed E-state index contributed by atoms with van der Waals surface area (Å²) in [6, 6.07) is 5.88. The Morgan fingerprint density at radius 3 is 2.33 bits per heavy atom. The van der Waals surface area contributed by atoms with E-state index in [1.54, 1.807) is 4.90 Å². The first-order valence-corrected chi connectivity index (χ1v) is 10.5. The Bertz CT molecular complexity index is 776. The normalized spacial score (nSPS) is 16.0. The van der Waals surface area contributed by atoms with Crippen molar-refractivity contribution in [1.29, 1.82) is 0 Å². The summed E-state index contributed by atoms with van der Waals surface area (Å²) in [6.07, 6.45) is 0.631. The lowest BCUT2D eigenvalue weighted by atomic mass is 9.97. The molecule has 1 aromatic rings. The van der Waals surface area contributed by atoms with Gasteiger partial charge < -0.3 is 19.7 Å². The van der Waals surface area contributed by atoms with E-state index in [2.05, 4.69) is 5.32 Å². The van der Waals surface area contributed by atoms with Crippen LogP contribution in [0.2, 0.25) is 0 Å². The zero-order valence-electron chi connectivity index (χ0n) is 18.9. The Kier molecular flexibility index (Phi) is 7.87. The average Bonchev–Trinajstić information content (AvgIpc) is 2.67. The molecular weight excluding hydrogens is 384 g/mol. The van der Waals surface area contributed by atoms with Crippen LogP contribution in [0.5, 0.6) is 0 Å². The first kappa shape index (κ1) is 23.7. The van der Waals surface area contributed by atoms with E-state index in [1.165, 1.54) is 5.56 Å². The van der Waals surface area contributed by atoms with Gasteiger partial charge in [-0.05, 0) is 71.1 Å². The highest BCUT2D eigenvalue weighted by Gasteiger charge is 2.31. The third-order valence-corrected chi connectivity index (χ3v) is 5.23. The van der Waals surface area contributed by atoms with Gasteiger partial charge in [-0.3, -0.25) is 9.59 Å². The van der Waals surface area contributed by atoms with Crippen LogP contribution in [0.15, 0.2) is 18.2 Å². The van der Waals surface area contributed by atoms with Gasteiger partial charge in [0.15, 0.2) is 6.61 Å². The van der Waals surface area contributed by atoms with Crippen molar-refractivity contribution >= 4 is 18.0 Å². The van der Waals surface area contributed by atoms with Gasteiger partial charge >= 0.3 is 12.1 Å². The summed E-state index contributed by atoms with van der Waals surface area (Å²) < 4.78 is 10.6. The number of benzene rings is 1. The summed E-state index contributed by atoms with van der Waals surface area (Å²) >= 11 is 0. The largest absolute Gasteiger partial charge is 0.455 e. The number of piperidine rings is 1. The van der Waals surface area contributed by atoms with Gasteiger partial charge in [-0.2, -0.15) is 0 Å². The number of amides is 2. The van der Waals surface area contributed by atoms with Gasteiger partial charge in [0, 0.05) is 13.1 Å². The van der Waals surface area contributed by atoms with Crippen LogP contribution in [-0.2, 0) is 19.1 Å². The van der Waals surface area contributed by atoms with E-state index in [1.807, 2.05) is 59.7 Å². The van der Waals surface area contributed by atoms with Gasteiger partial charge in [0.1, 0.15) is 5.60 Å². The lowest BCUT2D eigenvalue weighted by Crippen LogP contribution is -2.43. The molecule has 0 radical (unpaired) electrons. The van der Waals surface area contributed by atoms with Crippen LogP contribution in [-0.4, -0.2) is 48.2 Å². The summed E-state index contributed by atoms with van der Waals surface area (Å²) in [5.41, 5.74) is 2.82. The molecular formula is C23H34N2O5. The molecule has 1 aromatic carbocycles. The maximum Gasteiger partial charge on any atom is 0.410 e. The molecule has 0 bridgehead atoms. The van der Waals surface area contributed by atoms with Crippen molar-refractivity contribution in [3.63, 3.8) is 0 Å². The van der Waals surface area contributed by atoms with Crippen LogP contribution in [0.3, 0.4) is 0 Å². The highest BCUT2D eigenvalue weighted by Crippen LogP contribution is 2.21. The van der Waals surface area contributed by atoms with E-state index in [0.29, 0.717) is 25.9 Å². The Balaban J connectivity index is 1.74. The molecule has 0 spiro atoms. The highest BCUT2D eigenvalue weighted by atomic mass is 16.6. The maximum atomic E-state index is 12.3. The fourth-order valence-corrected chi connectivity index (χ4v) is 3.28. The van der Waals surface area contributed by atoms with Crippen LogP contribution in [0.1, 0.15) is 63.3 Å². The molecule has 7 heteroatoms. The molecule has 0 unspecified atom stereocenters. The molecule has 1 atom stereocenters. The minimum Gasteiger partial charge on any atom is -0.455 e. The number of nitrogens with one attached hydrogen (secondary N) is 1. The number of aryl methyl sites for hydroxylation is 2. The summed E-state index contributed by atoms with van der Waals surface area (Å²) in [6.45, 7) is 12.0. The molecule has 0 saturated carbocycles. The number of hydrogen-bond donors (Lipinski definition) is 1. The van der Waals surface area contributed by atoms with E-state index < -0.39 is 11.6 Å². The number of nitrogens with zero attached hydrogens (tertiary/aromatic N) is 1. The van der Waals surface area contributed by atoms with E-state index in [4.69, 9.17) is 9.47 Å². The van der Waals surface area contributed by atoms with E-state index in [0.717, 1.165) is 11.1 Å². The van der Waals surface area contributed by atoms with Gasteiger partial charge in [0.25, 0.3) is 5.91 Å². The van der Waals surface area contributed by atoms with Gasteiger partial charge in [0.05, 0.1) is 12.0 Å². The van der Waals surface area contributed by atoms with Crippen molar-refractivity contribution in [1.82, 2.24) is 10.2 Å². The van der Waals surface area contributed by atoms with E-state index in [9.17, 15) is 14.4 Å². The van der Waals surface area contributed by atoms with Crippen molar-refractivity contribution in [3.05, 3.63) is 34.9 Å². The number of carbonyl (C=O) groups is 3. The van der Waals surface area contributed by atoms with Gasteiger partial charge in [-0.1, -0.05) is 18.2 Å². The second-order valence-corrected chi connectivity index (χ2v) is 8.98. The highest BCUT2D eigenvalue weighted by molar-refractivity contribution is 5.81. The average molecular weight is 419 g/mol. The molecule has 0 aliphatic carbocycles. The molecule has 1 aliphatic rings. The fraction of sp³-hybridized carbons (Fsp3) is 0.609. The lowest BCUT2D eigenvalue weighted by Gasteiger charge is -2.32. The van der Waals surface area contributed by atoms with Crippen LogP contribution in [0, 0.1) is 19.8 Å². The first-order chi connectivity index (χ1) is 14.0. The van der Waals surface area contributed by atoms with Gasteiger partial charge in [0.2, 0.25) is 0 Å². The molecule has 1 N–H and O–H groups in total.